The number of carboxylic acid groups (broad SMARTS) is 1. The van der Waals surface area contributed by atoms with Gasteiger partial charge in [0, 0.05) is 0 Å². The predicted molar refractivity (Wildman–Crippen MR) is 114 cm³/mol. The van der Waals surface area contributed by atoms with Gasteiger partial charge in [0.25, 0.3) is 0 Å². The van der Waals surface area contributed by atoms with Crippen molar-refractivity contribution < 1.29 is 29.4 Å². The van der Waals surface area contributed by atoms with E-state index in [1.807, 2.05) is 44.2 Å². The van der Waals surface area contributed by atoms with Crippen molar-refractivity contribution in [1.29, 1.82) is 0 Å². The van der Waals surface area contributed by atoms with Crippen molar-refractivity contribution in [3.05, 3.63) is 35.9 Å². The molecule has 7 N–H and O–H groups in total. The van der Waals surface area contributed by atoms with Crippen LogP contribution in [0.3, 0.4) is 0 Å². The number of aliphatic hydroxyl groups excluding tert-OH is 1. The smallest absolute Gasteiger partial charge is 0.326 e. The molecule has 0 heterocycles. The van der Waals surface area contributed by atoms with E-state index in [-0.39, 0.29) is 18.8 Å². The molecule has 10 nitrogen and oxygen atoms in total. The minimum atomic E-state index is -1.31. The molecular weight excluding hydrogens is 404 g/mol. The molecule has 0 fully saturated rings. The van der Waals surface area contributed by atoms with Crippen LogP contribution in [0.4, 0.5) is 0 Å². The lowest BCUT2D eigenvalue weighted by Gasteiger charge is -2.23. The van der Waals surface area contributed by atoms with Crippen molar-refractivity contribution in [2.75, 3.05) is 6.61 Å². The molecule has 10 heteroatoms. The number of aliphatic hydroxyl groups is 1. The molecule has 0 bridgehead atoms. The molecule has 0 aliphatic rings. The standard InChI is InChI=1S/C21H32N4O6/c1-12(2)9-16(21(30)31)24-18(27)13(3)23-20(29)17(11-26)25-19(28)15(22)10-14-7-5-4-6-8-14/h4-8,12-13,15-17,26H,9-11,22H2,1-3H3,(H,23,29)(H,24,27)(H,25,28)(H,30,31). The lowest BCUT2D eigenvalue weighted by Crippen LogP contribution is -2.57. The van der Waals surface area contributed by atoms with Gasteiger partial charge in [0.05, 0.1) is 12.6 Å². The lowest BCUT2D eigenvalue weighted by atomic mass is 10.0. The maximum absolute atomic E-state index is 12.4. The van der Waals surface area contributed by atoms with Gasteiger partial charge in [-0.2, -0.15) is 0 Å². The fourth-order valence-electron chi connectivity index (χ4n) is 2.80. The van der Waals surface area contributed by atoms with E-state index in [0.717, 1.165) is 5.56 Å². The highest BCUT2D eigenvalue weighted by Crippen LogP contribution is 2.05. The molecule has 1 rings (SSSR count). The van der Waals surface area contributed by atoms with E-state index < -0.39 is 54.5 Å². The summed E-state index contributed by atoms with van der Waals surface area (Å²) >= 11 is 0. The van der Waals surface area contributed by atoms with Crippen molar-refractivity contribution in [3.8, 4) is 0 Å². The zero-order valence-corrected chi connectivity index (χ0v) is 18.0. The average Bonchev–Trinajstić information content (AvgIpc) is 2.71. The Kier molecular flexibility index (Phi) is 10.6. The van der Waals surface area contributed by atoms with E-state index in [2.05, 4.69) is 16.0 Å². The number of benzene rings is 1. The first-order valence-corrected chi connectivity index (χ1v) is 10.1. The van der Waals surface area contributed by atoms with Crippen molar-refractivity contribution in [2.24, 2.45) is 11.7 Å². The van der Waals surface area contributed by atoms with E-state index in [0.29, 0.717) is 0 Å². The number of rotatable bonds is 12. The topological polar surface area (TPSA) is 171 Å². The Bertz CT molecular complexity index is 755. The number of hydrogen-bond acceptors (Lipinski definition) is 6. The van der Waals surface area contributed by atoms with Gasteiger partial charge >= 0.3 is 5.97 Å². The van der Waals surface area contributed by atoms with E-state index in [1.165, 1.54) is 6.92 Å². The Morgan fingerprint density at radius 1 is 0.903 bits per heavy atom. The number of carbonyl (C=O) groups is 4. The van der Waals surface area contributed by atoms with Crippen molar-refractivity contribution >= 4 is 23.7 Å². The van der Waals surface area contributed by atoms with Crippen LogP contribution in [0.2, 0.25) is 0 Å². The number of amides is 3. The number of nitrogens with two attached hydrogens (primary N) is 1. The molecule has 0 aromatic heterocycles. The zero-order valence-electron chi connectivity index (χ0n) is 18.0. The normalized spacial score (nSPS) is 14.8. The highest BCUT2D eigenvalue weighted by atomic mass is 16.4. The predicted octanol–water partition coefficient (Wildman–Crippen LogP) is -0.846. The Morgan fingerprint density at radius 3 is 2.00 bits per heavy atom. The minimum Gasteiger partial charge on any atom is -0.480 e. The van der Waals surface area contributed by atoms with Crippen LogP contribution in [0.15, 0.2) is 30.3 Å². The number of nitrogens with one attached hydrogen (secondary N) is 3. The summed E-state index contributed by atoms with van der Waals surface area (Å²) in [5, 5.41) is 25.8. The summed E-state index contributed by atoms with van der Waals surface area (Å²) in [6.07, 6.45) is 0.480. The first-order chi connectivity index (χ1) is 14.5. The first-order valence-electron chi connectivity index (χ1n) is 10.1. The van der Waals surface area contributed by atoms with Crippen LogP contribution in [0.25, 0.3) is 0 Å². The molecular formula is C21H32N4O6. The van der Waals surface area contributed by atoms with E-state index >= 15 is 0 Å². The van der Waals surface area contributed by atoms with Gasteiger partial charge in [-0.1, -0.05) is 44.2 Å². The summed E-state index contributed by atoms with van der Waals surface area (Å²) in [4.78, 5) is 48.2. The van der Waals surface area contributed by atoms with Gasteiger partial charge in [0.2, 0.25) is 17.7 Å². The highest BCUT2D eigenvalue weighted by Gasteiger charge is 2.28. The molecule has 3 amide bonds. The molecule has 172 valence electrons. The third-order valence-corrected chi connectivity index (χ3v) is 4.52. The Balaban J connectivity index is 2.62. The Labute approximate surface area is 181 Å². The van der Waals surface area contributed by atoms with E-state index in [1.54, 1.807) is 0 Å². The summed E-state index contributed by atoms with van der Waals surface area (Å²) in [6.45, 7) is 4.32. The highest BCUT2D eigenvalue weighted by molar-refractivity contribution is 5.94. The number of hydrogen-bond donors (Lipinski definition) is 6. The Morgan fingerprint density at radius 2 is 1.48 bits per heavy atom. The van der Waals surface area contributed by atoms with Crippen molar-refractivity contribution in [1.82, 2.24) is 16.0 Å². The molecule has 4 atom stereocenters. The van der Waals surface area contributed by atoms with Crippen LogP contribution in [-0.2, 0) is 25.6 Å². The molecule has 1 aromatic carbocycles. The van der Waals surface area contributed by atoms with Crippen LogP contribution >= 0.6 is 0 Å². The summed E-state index contributed by atoms with van der Waals surface area (Å²) < 4.78 is 0. The van der Waals surface area contributed by atoms with Gasteiger partial charge in [0.15, 0.2) is 0 Å². The molecule has 1 aromatic rings. The van der Waals surface area contributed by atoms with E-state index in [4.69, 9.17) is 5.73 Å². The fraction of sp³-hybridized carbons (Fsp3) is 0.524. The molecule has 0 saturated heterocycles. The number of carboxylic acids is 1. The third kappa shape index (κ3) is 9.14. The van der Waals surface area contributed by atoms with Crippen LogP contribution in [-0.4, -0.2) is 64.7 Å². The maximum Gasteiger partial charge on any atom is 0.326 e. The van der Waals surface area contributed by atoms with Crippen LogP contribution in [0.1, 0.15) is 32.8 Å². The van der Waals surface area contributed by atoms with Gasteiger partial charge in [-0.25, -0.2) is 4.79 Å². The first kappa shape index (κ1) is 26.1. The molecule has 0 aliphatic carbocycles. The van der Waals surface area contributed by atoms with Gasteiger partial charge in [-0.15, -0.1) is 0 Å². The summed E-state index contributed by atoms with van der Waals surface area (Å²) in [6, 6.07) is 4.68. The van der Waals surface area contributed by atoms with Crippen molar-refractivity contribution in [3.63, 3.8) is 0 Å². The fourth-order valence-corrected chi connectivity index (χ4v) is 2.80. The second kappa shape index (κ2) is 12.7. The molecule has 0 spiro atoms. The monoisotopic (exact) mass is 436 g/mol. The quantitative estimate of drug-likeness (QED) is 0.248. The molecule has 0 aliphatic heterocycles. The second-order valence-electron chi connectivity index (χ2n) is 7.80. The summed E-state index contributed by atoms with van der Waals surface area (Å²) in [5.41, 5.74) is 6.72. The molecule has 0 radical (unpaired) electrons. The molecule has 4 unspecified atom stereocenters. The molecule has 31 heavy (non-hydrogen) atoms. The average molecular weight is 437 g/mol. The number of carbonyl (C=O) groups excluding carboxylic acids is 3. The van der Waals surface area contributed by atoms with Gasteiger partial charge in [-0.05, 0) is 31.2 Å². The van der Waals surface area contributed by atoms with Gasteiger partial charge in [0.1, 0.15) is 18.1 Å². The van der Waals surface area contributed by atoms with E-state index in [9.17, 15) is 29.4 Å². The SMILES string of the molecule is CC(C)CC(NC(=O)C(C)NC(=O)C(CO)NC(=O)C(N)Cc1ccccc1)C(=O)O. The Hall–Kier alpha value is -2.98. The van der Waals surface area contributed by atoms with Gasteiger partial charge in [-0.3, -0.25) is 14.4 Å². The molecule has 0 saturated carbocycles. The van der Waals surface area contributed by atoms with Gasteiger partial charge < -0.3 is 31.9 Å². The second-order valence-corrected chi connectivity index (χ2v) is 7.80. The van der Waals surface area contributed by atoms with Crippen LogP contribution in [0, 0.1) is 5.92 Å². The largest absolute Gasteiger partial charge is 0.480 e. The van der Waals surface area contributed by atoms with Crippen molar-refractivity contribution in [2.45, 2.75) is 57.8 Å². The third-order valence-electron chi connectivity index (χ3n) is 4.52. The summed E-state index contributed by atoms with van der Waals surface area (Å²) in [7, 11) is 0. The number of aliphatic carboxylic acids is 1. The lowest BCUT2D eigenvalue weighted by molar-refractivity contribution is -0.142. The van der Waals surface area contributed by atoms with Crippen LogP contribution in [0.5, 0.6) is 0 Å². The minimum absolute atomic E-state index is 0.0420. The maximum atomic E-state index is 12.4. The zero-order chi connectivity index (χ0) is 23.6. The van der Waals surface area contributed by atoms with Crippen LogP contribution < -0.4 is 21.7 Å². The summed E-state index contributed by atoms with van der Waals surface area (Å²) in [5.74, 6) is -3.24.